The van der Waals surface area contributed by atoms with Gasteiger partial charge in [-0.3, -0.25) is 18.6 Å². The predicted octanol–water partition coefficient (Wildman–Crippen LogP) is 10.4. The summed E-state index contributed by atoms with van der Waals surface area (Å²) in [4.78, 5) is 34.9. The Morgan fingerprint density at radius 1 is 0.569 bits per heavy atom. The summed E-state index contributed by atoms with van der Waals surface area (Å²) in [6.07, 6.45) is 33.2. The van der Waals surface area contributed by atoms with E-state index in [1.54, 1.807) is 0 Å². The summed E-state index contributed by atoms with van der Waals surface area (Å²) < 4.78 is 32.6. The smallest absolute Gasteiger partial charge is 0.462 e. The molecular weight excluding hydrogens is 671 g/mol. The number of rotatable bonds is 39. The van der Waals surface area contributed by atoms with Crippen LogP contribution in [0.1, 0.15) is 194 Å². The van der Waals surface area contributed by atoms with E-state index in [2.05, 4.69) is 30.5 Å². The SMILES string of the molecule is CCCCCCCCC=CCCCCCCCC(=O)O[C@H](COC(=O)CCCCCCCCCCCCCCC)COP(=O)(O)OCC(O)CO. The molecule has 2 unspecified atom stereocenters. The number of allylic oxidation sites excluding steroid dienone is 2. The molecule has 0 aliphatic carbocycles. The van der Waals surface area contributed by atoms with Crippen molar-refractivity contribution in [1.29, 1.82) is 0 Å². The maximum atomic E-state index is 12.6. The summed E-state index contributed by atoms with van der Waals surface area (Å²) in [5.74, 6) is -0.927. The van der Waals surface area contributed by atoms with Crippen LogP contribution >= 0.6 is 7.82 Å². The predicted molar refractivity (Wildman–Crippen MR) is 205 cm³/mol. The number of phosphoric ester groups is 1. The zero-order chi connectivity index (χ0) is 37.7. The second kappa shape index (κ2) is 37.0. The van der Waals surface area contributed by atoms with Gasteiger partial charge in [-0.2, -0.15) is 0 Å². The molecule has 0 aromatic heterocycles. The van der Waals surface area contributed by atoms with E-state index in [0.29, 0.717) is 12.8 Å². The molecule has 11 heteroatoms. The molecule has 0 fully saturated rings. The fourth-order valence-corrected chi connectivity index (χ4v) is 6.48. The van der Waals surface area contributed by atoms with Crippen LogP contribution in [0.5, 0.6) is 0 Å². The summed E-state index contributed by atoms with van der Waals surface area (Å²) in [6, 6.07) is 0. The molecule has 0 heterocycles. The van der Waals surface area contributed by atoms with Gasteiger partial charge in [-0.05, 0) is 38.5 Å². The van der Waals surface area contributed by atoms with Crippen molar-refractivity contribution in [2.45, 2.75) is 206 Å². The number of hydrogen-bond donors (Lipinski definition) is 3. The molecule has 3 atom stereocenters. The number of aliphatic hydroxyl groups excluding tert-OH is 2. The number of unbranched alkanes of at least 4 members (excludes halogenated alkanes) is 23. The number of aliphatic hydroxyl groups is 2. The second-order valence-corrected chi connectivity index (χ2v) is 15.5. The molecule has 10 nitrogen and oxygen atoms in total. The molecule has 51 heavy (non-hydrogen) atoms. The van der Waals surface area contributed by atoms with Crippen LogP contribution in [0.2, 0.25) is 0 Å². The monoisotopic (exact) mass is 749 g/mol. The molecule has 0 saturated carbocycles. The van der Waals surface area contributed by atoms with E-state index >= 15 is 0 Å². The normalized spacial score (nSPS) is 14.1. The Labute approximate surface area is 311 Å². The largest absolute Gasteiger partial charge is 0.472 e. The lowest BCUT2D eigenvalue weighted by atomic mass is 10.0. The van der Waals surface area contributed by atoms with E-state index < -0.39 is 51.8 Å². The Morgan fingerprint density at radius 2 is 0.961 bits per heavy atom. The molecule has 0 aliphatic rings. The van der Waals surface area contributed by atoms with Gasteiger partial charge in [0.1, 0.15) is 12.7 Å². The van der Waals surface area contributed by atoms with Gasteiger partial charge in [-0.25, -0.2) is 4.57 Å². The standard InChI is InChI=1S/C40H77O10P/c1-3-5-7-9-11-13-15-17-18-20-22-24-26-28-30-32-40(44)50-38(36-49-51(45,46)48-34-37(42)33-41)35-47-39(43)31-29-27-25-23-21-19-16-14-12-10-8-6-4-2/h17-18,37-38,41-42H,3-16,19-36H2,1-2H3,(H,45,46)/t37?,38-/m1/s1. The van der Waals surface area contributed by atoms with E-state index in [1.807, 2.05) is 0 Å². The lowest BCUT2D eigenvalue weighted by molar-refractivity contribution is -0.161. The first-order chi connectivity index (χ1) is 24.7. The molecule has 0 aliphatic heterocycles. The molecule has 3 N–H and O–H groups in total. The second-order valence-electron chi connectivity index (χ2n) is 14.0. The van der Waals surface area contributed by atoms with Crippen LogP contribution in [0.4, 0.5) is 0 Å². The van der Waals surface area contributed by atoms with E-state index in [-0.39, 0.29) is 19.4 Å². The minimum Gasteiger partial charge on any atom is -0.462 e. The number of phosphoric acid groups is 1. The van der Waals surface area contributed by atoms with Crippen molar-refractivity contribution >= 4 is 19.8 Å². The molecule has 302 valence electrons. The average molecular weight is 749 g/mol. The van der Waals surface area contributed by atoms with Crippen molar-refractivity contribution in [3.63, 3.8) is 0 Å². The third-order valence-electron chi connectivity index (χ3n) is 8.92. The topological polar surface area (TPSA) is 149 Å². The van der Waals surface area contributed by atoms with Gasteiger partial charge in [-0.1, -0.05) is 154 Å². The van der Waals surface area contributed by atoms with Crippen LogP contribution in [0.25, 0.3) is 0 Å². The first-order valence-corrected chi connectivity index (χ1v) is 22.1. The van der Waals surface area contributed by atoms with Crippen molar-refractivity contribution < 1.29 is 47.8 Å². The Bertz CT molecular complexity index is 868. The zero-order valence-electron chi connectivity index (χ0n) is 32.6. The molecule has 0 rings (SSSR count). The third kappa shape index (κ3) is 36.8. The zero-order valence-corrected chi connectivity index (χ0v) is 33.5. The number of hydrogen-bond acceptors (Lipinski definition) is 9. The highest BCUT2D eigenvalue weighted by Crippen LogP contribution is 2.43. The molecule has 0 aromatic carbocycles. The van der Waals surface area contributed by atoms with Crippen molar-refractivity contribution in [3.05, 3.63) is 12.2 Å². The minimum absolute atomic E-state index is 0.178. The molecule has 0 saturated heterocycles. The summed E-state index contributed by atoms with van der Waals surface area (Å²) in [5, 5.41) is 18.3. The van der Waals surface area contributed by atoms with Gasteiger partial charge in [0.15, 0.2) is 6.10 Å². The van der Waals surface area contributed by atoms with Gasteiger partial charge in [-0.15, -0.1) is 0 Å². The number of carbonyl (C=O) groups excluding carboxylic acids is 2. The molecule has 0 radical (unpaired) electrons. The van der Waals surface area contributed by atoms with E-state index in [9.17, 15) is 24.2 Å². The number of ether oxygens (including phenoxy) is 2. The molecule has 0 spiro atoms. The van der Waals surface area contributed by atoms with E-state index in [0.717, 1.165) is 57.8 Å². The van der Waals surface area contributed by atoms with Crippen molar-refractivity contribution in [3.8, 4) is 0 Å². The minimum atomic E-state index is -4.61. The Hall–Kier alpha value is -1.29. The molecule has 0 bridgehead atoms. The third-order valence-corrected chi connectivity index (χ3v) is 9.87. The number of carbonyl (C=O) groups is 2. The summed E-state index contributed by atoms with van der Waals surface area (Å²) >= 11 is 0. The summed E-state index contributed by atoms with van der Waals surface area (Å²) in [7, 11) is -4.61. The lowest BCUT2D eigenvalue weighted by Gasteiger charge is -2.20. The number of esters is 2. The maximum absolute atomic E-state index is 12.6. The fourth-order valence-electron chi connectivity index (χ4n) is 5.69. The van der Waals surface area contributed by atoms with Crippen LogP contribution in [0.15, 0.2) is 12.2 Å². The highest BCUT2D eigenvalue weighted by atomic mass is 31.2. The Morgan fingerprint density at radius 3 is 1.41 bits per heavy atom. The van der Waals surface area contributed by atoms with Gasteiger partial charge < -0.3 is 24.6 Å². The Balaban J connectivity index is 4.32. The summed E-state index contributed by atoms with van der Waals surface area (Å²) in [6.45, 7) is 2.37. The Kier molecular flexibility index (Phi) is 36.1. The van der Waals surface area contributed by atoms with E-state index in [4.69, 9.17) is 19.1 Å². The highest BCUT2D eigenvalue weighted by molar-refractivity contribution is 7.47. The quantitative estimate of drug-likeness (QED) is 0.0240. The van der Waals surface area contributed by atoms with Gasteiger partial charge in [0.05, 0.1) is 19.8 Å². The maximum Gasteiger partial charge on any atom is 0.472 e. The van der Waals surface area contributed by atoms with E-state index in [1.165, 1.54) is 96.3 Å². The van der Waals surface area contributed by atoms with Crippen LogP contribution in [-0.4, -0.2) is 65.7 Å². The van der Waals surface area contributed by atoms with Gasteiger partial charge in [0, 0.05) is 12.8 Å². The highest BCUT2D eigenvalue weighted by Gasteiger charge is 2.27. The molecule has 0 aromatic rings. The average Bonchev–Trinajstić information content (AvgIpc) is 3.12. The lowest BCUT2D eigenvalue weighted by Crippen LogP contribution is -2.29. The van der Waals surface area contributed by atoms with Gasteiger partial charge in [0.2, 0.25) is 0 Å². The fraction of sp³-hybridized carbons (Fsp3) is 0.900. The van der Waals surface area contributed by atoms with Crippen LogP contribution in [0.3, 0.4) is 0 Å². The van der Waals surface area contributed by atoms with Crippen molar-refractivity contribution in [1.82, 2.24) is 0 Å². The van der Waals surface area contributed by atoms with Crippen molar-refractivity contribution in [2.75, 3.05) is 26.4 Å². The van der Waals surface area contributed by atoms with Crippen LogP contribution < -0.4 is 0 Å². The first kappa shape index (κ1) is 49.7. The van der Waals surface area contributed by atoms with Gasteiger partial charge >= 0.3 is 19.8 Å². The van der Waals surface area contributed by atoms with Gasteiger partial charge in [0.25, 0.3) is 0 Å². The van der Waals surface area contributed by atoms with Crippen LogP contribution in [-0.2, 0) is 32.7 Å². The first-order valence-electron chi connectivity index (χ1n) is 20.6. The summed E-state index contributed by atoms with van der Waals surface area (Å²) in [5.41, 5.74) is 0. The van der Waals surface area contributed by atoms with Crippen molar-refractivity contribution in [2.24, 2.45) is 0 Å². The molecular formula is C40H77O10P. The molecule has 0 amide bonds. The van der Waals surface area contributed by atoms with Crippen LogP contribution in [0, 0.1) is 0 Å².